The van der Waals surface area contributed by atoms with Gasteiger partial charge in [0.2, 0.25) is 0 Å². The van der Waals surface area contributed by atoms with Crippen LogP contribution in [0.4, 0.5) is 0 Å². The van der Waals surface area contributed by atoms with Gasteiger partial charge in [0.25, 0.3) is 0 Å². The Balaban J connectivity index is 0. The van der Waals surface area contributed by atoms with Gasteiger partial charge in [-0.1, -0.05) is 60.8 Å². The van der Waals surface area contributed by atoms with E-state index in [1.165, 1.54) is 37.9 Å². The lowest BCUT2D eigenvalue weighted by molar-refractivity contribution is 0.121. The average molecular weight is 412 g/mol. The molecule has 3 N–H and O–H groups in total. The van der Waals surface area contributed by atoms with Crippen LogP contribution < -0.4 is 16.0 Å². The van der Waals surface area contributed by atoms with Crippen molar-refractivity contribution >= 4 is 30.6 Å². The summed E-state index contributed by atoms with van der Waals surface area (Å²) in [6.45, 7) is 17.9. The fourth-order valence-electron chi connectivity index (χ4n) is 3.97. The van der Waals surface area contributed by atoms with E-state index in [4.69, 9.17) is 0 Å². The molecule has 0 aromatic heterocycles. The molecule has 1 saturated heterocycles. The Bertz CT molecular complexity index is 367. The molecule has 2 aliphatic rings. The minimum atomic E-state index is 0. The van der Waals surface area contributed by atoms with Crippen molar-refractivity contribution in [1.29, 1.82) is 0 Å². The second-order valence-electron chi connectivity index (χ2n) is 7.85. The van der Waals surface area contributed by atoms with Crippen molar-refractivity contribution in [2.24, 2.45) is 22.7 Å². The zero-order valence-electron chi connectivity index (χ0n) is 17.9. The smallest absolute Gasteiger partial charge is 0.0990 e. The highest BCUT2D eigenvalue weighted by atomic mass is 35.5. The van der Waals surface area contributed by atoms with Gasteiger partial charge in [-0.2, -0.15) is 0 Å². The number of amidine groups is 1. The van der Waals surface area contributed by atoms with E-state index in [2.05, 4.69) is 62.5 Å². The van der Waals surface area contributed by atoms with Crippen LogP contribution in [0.3, 0.4) is 0 Å². The molecule has 0 aromatic rings. The summed E-state index contributed by atoms with van der Waals surface area (Å²) >= 11 is 0. The van der Waals surface area contributed by atoms with Crippen LogP contribution in [0.15, 0.2) is 4.99 Å². The number of nitrogens with zero attached hydrogens (tertiary/aromatic N) is 1. The molecule has 26 heavy (non-hydrogen) atoms. The third-order valence-electron chi connectivity index (χ3n) is 5.30. The number of hydrogen-bond acceptors (Lipinski definition) is 4. The van der Waals surface area contributed by atoms with Gasteiger partial charge in [-0.05, 0) is 24.7 Å². The van der Waals surface area contributed by atoms with Crippen molar-refractivity contribution in [1.82, 2.24) is 16.0 Å². The molecule has 0 aromatic carbocycles. The summed E-state index contributed by atoms with van der Waals surface area (Å²) in [6, 6.07) is 0. The summed E-state index contributed by atoms with van der Waals surface area (Å²) in [6.07, 6.45) is 6.68. The molecule has 0 aliphatic carbocycles. The van der Waals surface area contributed by atoms with Gasteiger partial charge in [-0.15, -0.1) is 24.8 Å². The van der Waals surface area contributed by atoms with Crippen molar-refractivity contribution in [3.63, 3.8) is 0 Å². The van der Waals surface area contributed by atoms with Gasteiger partial charge in [-0.3, -0.25) is 15.6 Å². The summed E-state index contributed by atoms with van der Waals surface area (Å²) in [5.74, 6) is 3.21. The summed E-state index contributed by atoms with van der Waals surface area (Å²) in [7, 11) is 0. The zero-order valence-corrected chi connectivity index (χ0v) is 19.5. The largest absolute Gasteiger partial charge is 0.372 e. The molecular formula is C20H44Cl2N4. The topological polar surface area (TPSA) is 48.5 Å². The minimum Gasteiger partial charge on any atom is -0.372 e. The van der Waals surface area contributed by atoms with Gasteiger partial charge in [0, 0.05) is 25.6 Å². The summed E-state index contributed by atoms with van der Waals surface area (Å²) < 4.78 is 0. The van der Waals surface area contributed by atoms with Crippen molar-refractivity contribution in [2.45, 2.75) is 79.3 Å². The number of aliphatic imine (C=N–C) groups is 1. The SMILES string of the molecule is CC(C)C1=NCCN1.CCCCC(CCC)C1(C(C)C)NCCN1.Cl.Cl. The van der Waals surface area contributed by atoms with Crippen LogP contribution in [0.2, 0.25) is 0 Å². The van der Waals surface area contributed by atoms with Crippen molar-refractivity contribution in [3.8, 4) is 0 Å². The van der Waals surface area contributed by atoms with E-state index in [1.807, 2.05) is 0 Å². The van der Waals surface area contributed by atoms with E-state index in [0.717, 1.165) is 32.1 Å². The highest BCUT2D eigenvalue weighted by molar-refractivity contribution is 5.86. The van der Waals surface area contributed by atoms with Gasteiger partial charge in [0.05, 0.1) is 18.0 Å². The van der Waals surface area contributed by atoms with Gasteiger partial charge in [-0.25, -0.2) is 0 Å². The summed E-state index contributed by atoms with van der Waals surface area (Å²) in [5.41, 5.74) is 0.213. The monoisotopic (exact) mass is 410 g/mol. The van der Waals surface area contributed by atoms with Gasteiger partial charge < -0.3 is 5.32 Å². The first kappa shape index (κ1) is 28.2. The molecule has 6 heteroatoms. The zero-order chi connectivity index (χ0) is 18.0. The van der Waals surface area contributed by atoms with Crippen LogP contribution in [-0.2, 0) is 0 Å². The van der Waals surface area contributed by atoms with E-state index in [1.54, 1.807) is 0 Å². The molecule has 1 fully saturated rings. The molecule has 1 unspecified atom stereocenters. The molecule has 4 nitrogen and oxygen atoms in total. The van der Waals surface area contributed by atoms with Crippen LogP contribution >= 0.6 is 24.8 Å². The predicted octanol–water partition coefficient (Wildman–Crippen LogP) is 4.63. The molecule has 2 aliphatic heterocycles. The predicted molar refractivity (Wildman–Crippen MR) is 121 cm³/mol. The third kappa shape index (κ3) is 8.33. The van der Waals surface area contributed by atoms with Gasteiger partial charge >= 0.3 is 0 Å². The van der Waals surface area contributed by atoms with Crippen LogP contribution in [0.5, 0.6) is 0 Å². The fourth-order valence-corrected chi connectivity index (χ4v) is 3.97. The quantitative estimate of drug-likeness (QED) is 0.546. The normalized spacial score (nSPS) is 19.0. The van der Waals surface area contributed by atoms with E-state index >= 15 is 0 Å². The average Bonchev–Trinajstić information content (AvgIpc) is 3.23. The highest BCUT2D eigenvalue weighted by Crippen LogP contribution is 2.33. The first-order valence-corrected chi connectivity index (χ1v) is 10.3. The molecule has 2 rings (SSSR count). The Morgan fingerprint density at radius 2 is 1.54 bits per heavy atom. The molecule has 0 spiro atoms. The molecule has 158 valence electrons. The second-order valence-corrected chi connectivity index (χ2v) is 7.85. The van der Waals surface area contributed by atoms with Crippen LogP contribution in [0, 0.1) is 17.8 Å². The molecule has 1 atom stereocenters. The number of hydrogen-bond donors (Lipinski definition) is 3. The van der Waals surface area contributed by atoms with Gasteiger partial charge in [0.1, 0.15) is 0 Å². The van der Waals surface area contributed by atoms with Crippen LogP contribution in [0.1, 0.15) is 73.6 Å². The van der Waals surface area contributed by atoms with E-state index in [9.17, 15) is 0 Å². The van der Waals surface area contributed by atoms with Crippen molar-refractivity contribution in [2.75, 3.05) is 26.2 Å². The maximum absolute atomic E-state index is 4.24. The molecule has 0 amide bonds. The van der Waals surface area contributed by atoms with E-state index in [-0.39, 0.29) is 30.5 Å². The molecule has 2 heterocycles. The first-order valence-electron chi connectivity index (χ1n) is 10.3. The molecule has 0 radical (unpaired) electrons. The first-order chi connectivity index (χ1) is 11.5. The molecular weight excluding hydrogens is 367 g/mol. The molecule has 0 saturated carbocycles. The number of rotatable bonds is 8. The minimum absolute atomic E-state index is 0. The van der Waals surface area contributed by atoms with Crippen LogP contribution in [-0.4, -0.2) is 37.7 Å². The fraction of sp³-hybridized carbons (Fsp3) is 0.950. The summed E-state index contributed by atoms with van der Waals surface area (Å²) in [4.78, 5) is 4.24. The Labute approximate surface area is 175 Å². The maximum atomic E-state index is 4.24. The lowest BCUT2D eigenvalue weighted by Crippen LogP contribution is -2.59. The van der Waals surface area contributed by atoms with Crippen molar-refractivity contribution < 1.29 is 0 Å². The van der Waals surface area contributed by atoms with Crippen LogP contribution in [0.25, 0.3) is 0 Å². The van der Waals surface area contributed by atoms with E-state index < -0.39 is 0 Å². The lowest BCUT2D eigenvalue weighted by atomic mass is 9.78. The number of halogens is 2. The maximum Gasteiger partial charge on any atom is 0.0990 e. The number of unbranched alkanes of at least 4 members (excludes halogenated alkanes) is 1. The van der Waals surface area contributed by atoms with E-state index in [0.29, 0.717) is 11.8 Å². The van der Waals surface area contributed by atoms with Gasteiger partial charge in [0.15, 0.2) is 0 Å². The Kier molecular flexibility index (Phi) is 16.2. The Morgan fingerprint density at radius 1 is 0.923 bits per heavy atom. The number of nitrogens with one attached hydrogen (secondary N) is 3. The Morgan fingerprint density at radius 3 is 1.88 bits per heavy atom. The summed E-state index contributed by atoms with van der Waals surface area (Å²) in [5, 5.41) is 10.7. The van der Waals surface area contributed by atoms with Crippen molar-refractivity contribution in [3.05, 3.63) is 0 Å². The molecule has 0 bridgehead atoms. The second kappa shape index (κ2) is 15.0. The third-order valence-corrected chi connectivity index (χ3v) is 5.30. The standard InChI is InChI=1S/C14H30N2.C6H12N2.2ClH/c1-5-7-9-13(8-6-2)14(12(3)4)15-10-11-16-14;1-5(2)6-7-3-4-8-6;;/h12-13,15-16H,5-11H2,1-4H3;5H,3-4H2,1-2H3,(H,7,8);2*1H. The highest BCUT2D eigenvalue weighted by Gasteiger charge is 2.42. The lowest BCUT2D eigenvalue weighted by Gasteiger charge is -2.42. The Hall–Kier alpha value is -0.0300.